The molecule has 2 aromatic carbocycles. The predicted octanol–water partition coefficient (Wildman–Crippen LogP) is 2.40. The van der Waals surface area contributed by atoms with Crippen molar-refractivity contribution in [2.24, 2.45) is 0 Å². The van der Waals surface area contributed by atoms with E-state index in [0.717, 1.165) is 5.69 Å². The highest BCUT2D eigenvalue weighted by atomic mass is 35.5. The largest absolute Gasteiger partial charge is 0.482 e. The number of anilines is 1. The first-order chi connectivity index (χ1) is 13.4. The van der Waals surface area contributed by atoms with Crippen molar-refractivity contribution in [2.45, 2.75) is 4.90 Å². The van der Waals surface area contributed by atoms with Crippen LogP contribution in [0, 0.1) is 0 Å². The molecule has 3 rings (SSSR count). The van der Waals surface area contributed by atoms with E-state index < -0.39 is 10.0 Å². The summed E-state index contributed by atoms with van der Waals surface area (Å²) in [4.78, 5) is 13.9. The summed E-state index contributed by atoms with van der Waals surface area (Å²) in [5.74, 6) is -0.00955. The van der Waals surface area contributed by atoms with E-state index in [0.29, 0.717) is 26.3 Å². The van der Waals surface area contributed by atoms with Crippen LogP contribution in [0.25, 0.3) is 0 Å². The number of hydrogen-bond donors (Lipinski definition) is 0. The lowest BCUT2D eigenvalue weighted by Crippen LogP contribution is -2.40. The van der Waals surface area contributed by atoms with Crippen LogP contribution < -0.4 is 9.64 Å². The Morgan fingerprint density at radius 3 is 2.50 bits per heavy atom. The molecule has 28 heavy (non-hydrogen) atoms. The maximum Gasteiger partial charge on any atom is 0.264 e. The van der Waals surface area contributed by atoms with Crippen LogP contribution in [0.4, 0.5) is 5.69 Å². The average Bonchev–Trinajstić information content (AvgIpc) is 2.73. The SMILES string of the molecule is CN(C(=O)COc1ccc(S(=O)(=O)N2CCOCC2)cc1Cl)c1ccccc1. The van der Waals surface area contributed by atoms with E-state index in [2.05, 4.69) is 0 Å². The van der Waals surface area contributed by atoms with Gasteiger partial charge in [0, 0.05) is 25.8 Å². The summed E-state index contributed by atoms with van der Waals surface area (Å²) in [5.41, 5.74) is 0.745. The first-order valence-corrected chi connectivity index (χ1v) is 10.5. The number of para-hydroxylation sites is 1. The average molecular weight is 425 g/mol. The Balaban J connectivity index is 1.66. The second-order valence-electron chi connectivity index (χ2n) is 6.19. The van der Waals surface area contributed by atoms with Crippen molar-refractivity contribution in [2.75, 3.05) is 44.9 Å². The van der Waals surface area contributed by atoms with Gasteiger partial charge in [0.1, 0.15) is 5.75 Å². The molecule has 1 heterocycles. The van der Waals surface area contributed by atoms with E-state index in [1.54, 1.807) is 7.05 Å². The smallest absolute Gasteiger partial charge is 0.264 e. The van der Waals surface area contributed by atoms with Crippen LogP contribution in [-0.2, 0) is 19.6 Å². The summed E-state index contributed by atoms with van der Waals surface area (Å²) in [5, 5.41) is 0.129. The lowest BCUT2D eigenvalue weighted by molar-refractivity contribution is -0.120. The monoisotopic (exact) mass is 424 g/mol. The van der Waals surface area contributed by atoms with Crippen molar-refractivity contribution in [1.29, 1.82) is 0 Å². The van der Waals surface area contributed by atoms with Gasteiger partial charge in [-0.25, -0.2) is 8.42 Å². The minimum absolute atomic E-state index is 0.0829. The number of ether oxygens (including phenoxy) is 2. The molecule has 0 bridgehead atoms. The van der Waals surface area contributed by atoms with Gasteiger partial charge in [-0.1, -0.05) is 29.8 Å². The number of morpholine rings is 1. The second-order valence-corrected chi connectivity index (χ2v) is 8.53. The number of halogens is 1. The quantitative estimate of drug-likeness (QED) is 0.711. The van der Waals surface area contributed by atoms with Gasteiger partial charge in [-0.05, 0) is 30.3 Å². The Labute approximate surface area is 169 Å². The first kappa shape index (κ1) is 20.6. The number of carbonyl (C=O) groups is 1. The van der Waals surface area contributed by atoms with Crippen molar-refractivity contribution in [3.8, 4) is 5.75 Å². The molecule has 9 heteroatoms. The van der Waals surface area contributed by atoms with E-state index in [-0.39, 0.29) is 28.2 Å². The number of sulfonamides is 1. The minimum Gasteiger partial charge on any atom is -0.482 e. The number of likely N-dealkylation sites (N-methyl/N-ethyl adjacent to an activating group) is 1. The predicted molar refractivity (Wildman–Crippen MR) is 106 cm³/mol. The molecule has 0 aliphatic carbocycles. The second kappa shape index (κ2) is 8.91. The van der Waals surface area contributed by atoms with Gasteiger partial charge in [-0.2, -0.15) is 4.31 Å². The minimum atomic E-state index is -3.64. The molecular weight excluding hydrogens is 404 g/mol. The van der Waals surface area contributed by atoms with Gasteiger partial charge in [0.25, 0.3) is 5.91 Å². The topological polar surface area (TPSA) is 76.2 Å². The van der Waals surface area contributed by atoms with Gasteiger partial charge >= 0.3 is 0 Å². The Hall–Kier alpha value is -2.13. The standard InChI is InChI=1S/C19H21ClN2O5S/c1-21(15-5-3-2-4-6-15)19(23)14-27-18-8-7-16(13-17(18)20)28(24,25)22-9-11-26-12-10-22/h2-8,13H,9-12,14H2,1H3. The lowest BCUT2D eigenvalue weighted by atomic mass is 10.3. The maximum atomic E-state index is 12.7. The maximum absolute atomic E-state index is 12.7. The van der Waals surface area contributed by atoms with E-state index in [4.69, 9.17) is 21.1 Å². The molecule has 1 amide bonds. The van der Waals surface area contributed by atoms with Gasteiger partial charge in [0.2, 0.25) is 10.0 Å². The van der Waals surface area contributed by atoms with Crippen molar-refractivity contribution in [1.82, 2.24) is 4.31 Å². The van der Waals surface area contributed by atoms with Gasteiger partial charge in [-0.3, -0.25) is 4.79 Å². The molecule has 0 atom stereocenters. The normalized spacial score (nSPS) is 15.2. The van der Waals surface area contributed by atoms with Gasteiger partial charge in [-0.15, -0.1) is 0 Å². The molecule has 0 radical (unpaired) electrons. The molecule has 0 saturated carbocycles. The summed E-state index contributed by atoms with van der Waals surface area (Å²) in [6, 6.07) is 13.4. The van der Waals surface area contributed by atoms with Crippen molar-refractivity contribution in [3.63, 3.8) is 0 Å². The van der Waals surface area contributed by atoms with Crippen molar-refractivity contribution in [3.05, 3.63) is 53.6 Å². The summed E-state index contributed by atoms with van der Waals surface area (Å²) >= 11 is 6.20. The molecule has 0 N–H and O–H groups in total. The summed E-state index contributed by atoms with van der Waals surface area (Å²) in [7, 11) is -1.99. The number of carbonyl (C=O) groups excluding carboxylic acids is 1. The Morgan fingerprint density at radius 1 is 1.18 bits per heavy atom. The van der Waals surface area contributed by atoms with E-state index >= 15 is 0 Å². The van der Waals surface area contributed by atoms with E-state index in [9.17, 15) is 13.2 Å². The molecule has 1 fully saturated rings. The van der Waals surface area contributed by atoms with Crippen molar-refractivity contribution >= 4 is 33.2 Å². The van der Waals surface area contributed by atoms with Gasteiger partial charge in [0.05, 0.1) is 23.1 Å². The molecule has 1 saturated heterocycles. The van der Waals surface area contributed by atoms with Crippen LogP contribution in [0.1, 0.15) is 0 Å². The molecule has 1 aliphatic heterocycles. The molecule has 150 valence electrons. The lowest BCUT2D eigenvalue weighted by Gasteiger charge is -2.26. The molecule has 0 unspecified atom stereocenters. The highest BCUT2D eigenvalue weighted by Gasteiger charge is 2.27. The molecule has 1 aliphatic rings. The Kier molecular flexibility index (Phi) is 6.56. The molecule has 0 spiro atoms. The number of hydrogen-bond acceptors (Lipinski definition) is 5. The van der Waals surface area contributed by atoms with Crippen LogP contribution in [-0.4, -0.2) is 58.6 Å². The van der Waals surface area contributed by atoms with Gasteiger partial charge < -0.3 is 14.4 Å². The third-order valence-electron chi connectivity index (χ3n) is 4.38. The van der Waals surface area contributed by atoms with Crippen LogP contribution in [0.3, 0.4) is 0 Å². The number of benzene rings is 2. The molecular formula is C19H21ClN2O5S. The fourth-order valence-corrected chi connectivity index (χ4v) is 4.46. The number of amides is 1. The van der Waals surface area contributed by atoms with Crippen molar-refractivity contribution < 1.29 is 22.7 Å². The van der Waals surface area contributed by atoms with Crippen LogP contribution in [0.15, 0.2) is 53.4 Å². The van der Waals surface area contributed by atoms with E-state index in [1.807, 2.05) is 30.3 Å². The number of rotatable bonds is 6. The fraction of sp³-hybridized carbons (Fsp3) is 0.316. The highest BCUT2D eigenvalue weighted by Crippen LogP contribution is 2.29. The Bertz CT molecular complexity index is 931. The molecule has 0 aromatic heterocycles. The van der Waals surface area contributed by atoms with Crippen LogP contribution in [0.5, 0.6) is 5.75 Å². The first-order valence-electron chi connectivity index (χ1n) is 8.71. The fourth-order valence-electron chi connectivity index (χ4n) is 2.73. The zero-order chi connectivity index (χ0) is 20.1. The summed E-state index contributed by atoms with van der Waals surface area (Å²) in [6.07, 6.45) is 0. The zero-order valence-corrected chi connectivity index (χ0v) is 16.9. The zero-order valence-electron chi connectivity index (χ0n) is 15.4. The third kappa shape index (κ3) is 4.64. The van der Waals surface area contributed by atoms with Gasteiger partial charge in [0.15, 0.2) is 6.61 Å². The number of nitrogens with zero attached hydrogens (tertiary/aromatic N) is 2. The van der Waals surface area contributed by atoms with Crippen LogP contribution in [0.2, 0.25) is 5.02 Å². The third-order valence-corrected chi connectivity index (χ3v) is 6.57. The highest BCUT2D eigenvalue weighted by molar-refractivity contribution is 7.89. The molecule has 7 nitrogen and oxygen atoms in total. The van der Waals surface area contributed by atoms with E-state index in [1.165, 1.54) is 27.4 Å². The summed E-state index contributed by atoms with van der Waals surface area (Å²) in [6.45, 7) is 1.12. The summed E-state index contributed by atoms with van der Waals surface area (Å²) < 4.78 is 37.4. The van der Waals surface area contributed by atoms with Crippen LogP contribution >= 0.6 is 11.6 Å². The Morgan fingerprint density at radius 2 is 1.86 bits per heavy atom. The molecule has 2 aromatic rings.